The summed E-state index contributed by atoms with van der Waals surface area (Å²) in [4.78, 5) is 16.4. The lowest BCUT2D eigenvalue weighted by atomic mass is 10.0. The third kappa shape index (κ3) is 3.94. The lowest BCUT2D eigenvalue weighted by molar-refractivity contribution is 0.844. The van der Waals surface area contributed by atoms with Crippen molar-refractivity contribution in [2.75, 3.05) is 22.9 Å². The van der Waals surface area contributed by atoms with Gasteiger partial charge in [-0.15, -0.1) is 0 Å². The van der Waals surface area contributed by atoms with E-state index in [4.69, 9.17) is 32.9 Å². The first-order valence-electron chi connectivity index (χ1n) is 11.7. The lowest BCUT2D eigenvalue weighted by Gasteiger charge is -2.05. The van der Waals surface area contributed by atoms with Crippen molar-refractivity contribution in [3.05, 3.63) is 84.4 Å². The molecule has 10 N–H and O–H groups in total. The number of imidazole rings is 2. The Morgan fingerprint density at radius 2 is 0.861 bits per heavy atom. The number of aromatic amines is 2. The van der Waals surface area contributed by atoms with E-state index >= 15 is 0 Å². The molecule has 0 amide bonds. The molecule has 0 saturated heterocycles. The molecule has 6 rings (SSSR count). The minimum Gasteiger partial charge on any atom is -0.397 e. The number of nitrogens with one attached hydrogen (secondary N) is 2. The molecular formula is C28H26N8. The van der Waals surface area contributed by atoms with Gasteiger partial charge in [0.25, 0.3) is 0 Å². The van der Waals surface area contributed by atoms with Crippen molar-refractivity contribution in [3.8, 4) is 22.3 Å². The van der Waals surface area contributed by atoms with Crippen LogP contribution in [0.3, 0.4) is 0 Å². The van der Waals surface area contributed by atoms with Crippen LogP contribution in [0.15, 0.2) is 72.8 Å². The molecule has 6 aromatic rings. The highest BCUT2D eigenvalue weighted by Gasteiger charge is 2.10. The van der Waals surface area contributed by atoms with Crippen LogP contribution in [-0.2, 0) is 12.8 Å². The molecule has 8 heteroatoms. The van der Waals surface area contributed by atoms with E-state index in [2.05, 4.69) is 22.1 Å². The Morgan fingerprint density at radius 3 is 1.28 bits per heavy atom. The predicted octanol–water partition coefficient (Wildman–Crippen LogP) is 4.89. The minimum absolute atomic E-state index is 0.577. The molecule has 0 saturated carbocycles. The first kappa shape index (κ1) is 21.5. The van der Waals surface area contributed by atoms with Gasteiger partial charge in [-0.2, -0.15) is 0 Å². The van der Waals surface area contributed by atoms with Crippen molar-refractivity contribution in [2.24, 2.45) is 0 Å². The highest BCUT2D eigenvalue weighted by molar-refractivity contribution is 5.85. The van der Waals surface area contributed by atoms with E-state index in [1.165, 1.54) is 0 Å². The van der Waals surface area contributed by atoms with Crippen molar-refractivity contribution in [3.63, 3.8) is 0 Å². The number of aryl methyl sites for hydroxylation is 2. The van der Waals surface area contributed by atoms with Crippen LogP contribution in [-0.4, -0.2) is 19.9 Å². The Morgan fingerprint density at radius 1 is 0.472 bits per heavy atom. The SMILES string of the molecule is Nc1ccc(-c2ccc3nc(CCc4nc5ccc(-c6ccc(N)c(N)c6)cc5[nH]4)[nH]c3c2)cc1N. The number of hydrogen-bond acceptors (Lipinski definition) is 6. The zero-order valence-electron chi connectivity index (χ0n) is 19.5. The predicted molar refractivity (Wildman–Crippen MR) is 148 cm³/mol. The maximum atomic E-state index is 5.98. The van der Waals surface area contributed by atoms with E-state index in [-0.39, 0.29) is 0 Å². The van der Waals surface area contributed by atoms with Crippen molar-refractivity contribution in [1.29, 1.82) is 0 Å². The Balaban J connectivity index is 1.21. The summed E-state index contributed by atoms with van der Waals surface area (Å²) in [6.45, 7) is 0. The van der Waals surface area contributed by atoms with Crippen LogP contribution in [0.25, 0.3) is 44.3 Å². The third-order valence-corrected chi connectivity index (χ3v) is 6.50. The van der Waals surface area contributed by atoms with Crippen LogP contribution in [0, 0.1) is 0 Å². The number of nitrogens with two attached hydrogens (primary N) is 4. The molecule has 0 unspecified atom stereocenters. The number of fused-ring (bicyclic) bond motifs is 2. The van der Waals surface area contributed by atoms with Crippen molar-refractivity contribution < 1.29 is 0 Å². The molecular weight excluding hydrogens is 448 g/mol. The van der Waals surface area contributed by atoms with Gasteiger partial charge in [0.2, 0.25) is 0 Å². The smallest absolute Gasteiger partial charge is 0.107 e. The van der Waals surface area contributed by atoms with Crippen LogP contribution >= 0.6 is 0 Å². The molecule has 2 heterocycles. The number of nitrogens with zero attached hydrogens (tertiary/aromatic N) is 2. The molecule has 2 aromatic heterocycles. The summed E-state index contributed by atoms with van der Waals surface area (Å²) in [6.07, 6.45) is 1.47. The second kappa shape index (κ2) is 8.35. The Hall–Kier alpha value is -4.98. The molecule has 0 bridgehead atoms. The normalized spacial score (nSPS) is 11.4. The first-order chi connectivity index (χ1) is 17.4. The zero-order chi connectivity index (χ0) is 24.8. The van der Waals surface area contributed by atoms with E-state index in [9.17, 15) is 0 Å². The van der Waals surface area contributed by atoms with Gasteiger partial charge in [-0.25, -0.2) is 9.97 Å². The molecule has 0 atom stereocenters. The average Bonchev–Trinajstić information content (AvgIpc) is 3.48. The van der Waals surface area contributed by atoms with Gasteiger partial charge in [0, 0.05) is 12.8 Å². The molecule has 0 aliphatic carbocycles. The van der Waals surface area contributed by atoms with Crippen molar-refractivity contribution >= 4 is 44.8 Å². The Kier molecular flexibility index (Phi) is 5.00. The third-order valence-electron chi connectivity index (χ3n) is 6.50. The number of nitrogen functional groups attached to an aromatic ring is 4. The first-order valence-corrected chi connectivity index (χ1v) is 11.7. The zero-order valence-corrected chi connectivity index (χ0v) is 19.5. The average molecular weight is 475 g/mol. The molecule has 8 nitrogen and oxygen atoms in total. The van der Waals surface area contributed by atoms with Crippen molar-refractivity contribution in [2.45, 2.75) is 12.8 Å². The molecule has 178 valence electrons. The van der Waals surface area contributed by atoms with Gasteiger partial charge in [0.1, 0.15) is 11.6 Å². The maximum Gasteiger partial charge on any atom is 0.107 e. The van der Waals surface area contributed by atoms with E-state index in [1.807, 2.05) is 60.7 Å². The fourth-order valence-electron chi connectivity index (χ4n) is 4.47. The van der Waals surface area contributed by atoms with Crippen molar-refractivity contribution in [1.82, 2.24) is 19.9 Å². The topological polar surface area (TPSA) is 161 Å². The molecule has 4 aromatic carbocycles. The summed E-state index contributed by atoms with van der Waals surface area (Å²) in [5.41, 5.74) is 34.0. The summed E-state index contributed by atoms with van der Waals surface area (Å²) < 4.78 is 0. The van der Waals surface area contributed by atoms with Crippen LogP contribution in [0.5, 0.6) is 0 Å². The number of rotatable bonds is 5. The summed E-state index contributed by atoms with van der Waals surface area (Å²) in [7, 11) is 0. The number of hydrogen-bond donors (Lipinski definition) is 6. The standard InChI is InChI=1S/C28H26N8/c29-19-5-1-15(11-21(19)31)17-3-7-23-25(13-17)35-27(33-23)9-10-28-34-24-8-4-18(14-26(24)36-28)16-2-6-20(30)22(32)12-16/h1-8,11-14H,9-10,29-32H2,(H,33,35)(H,34,36). The highest BCUT2D eigenvalue weighted by Crippen LogP contribution is 2.29. The maximum absolute atomic E-state index is 5.98. The molecule has 0 aliphatic heterocycles. The summed E-state index contributed by atoms with van der Waals surface area (Å²) in [5.74, 6) is 1.83. The molecule has 0 aliphatic rings. The molecule has 0 spiro atoms. The van der Waals surface area contributed by atoms with E-state index < -0.39 is 0 Å². The van der Waals surface area contributed by atoms with Crippen LogP contribution in [0.4, 0.5) is 22.7 Å². The second-order valence-electron chi connectivity index (χ2n) is 9.02. The number of aromatic nitrogens is 4. The second-order valence-corrected chi connectivity index (χ2v) is 9.02. The Bertz CT molecular complexity index is 1610. The number of anilines is 4. The summed E-state index contributed by atoms with van der Waals surface area (Å²) in [6, 6.07) is 23.7. The summed E-state index contributed by atoms with van der Waals surface area (Å²) in [5, 5.41) is 0. The minimum atomic E-state index is 0.577. The highest BCUT2D eigenvalue weighted by atomic mass is 14.9. The van der Waals surface area contributed by atoms with Gasteiger partial charge in [0.05, 0.1) is 44.8 Å². The van der Waals surface area contributed by atoms with Gasteiger partial charge < -0.3 is 32.9 Å². The molecule has 36 heavy (non-hydrogen) atoms. The van der Waals surface area contributed by atoms with Crippen LogP contribution < -0.4 is 22.9 Å². The summed E-state index contributed by atoms with van der Waals surface area (Å²) >= 11 is 0. The largest absolute Gasteiger partial charge is 0.397 e. The van der Waals surface area contributed by atoms with E-state index in [1.54, 1.807) is 0 Å². The van der Waals surface area contributed by atoms with E-state index in [0.717, 1.165) is 68.8 Å². The van der Waals surface area contributed by atoms with E-state index in [0.29, 0.717) is 22.7 Å². The van der Waals surface area contributed by atoms with Gasteiger partial charge in [-0.3, -0.25) is 0 Å². The number of benzene rings is 4. The lowest BCUT2D eigenvalue weighted by Crippen LogP contribution is -1.95. The Labute approximate surface area is 207 Å². The van der Waals surface area contributed by atoms with Crippen LogP contribution in [0.1, 0.15) is 11.6 Å². The fourth-order valence-corrected chi connectivity index (χ4v) is 4.47. The van der Waals surface area contributed by atoms with Gasteiger partial charge in [-0.05, 0) is 70.8 Å². The van der Waals surface area contributed by atoms with Gasteiger partial charge in [-0.1, -0.05) is 24.3 Å². The quantitative estimate of drug-likeness (QED) is 0.195. The molecule has 0 fully saturated rings. The van der Waals surface area contributed by atoms with Gasteiger partial charge in [0.15, 0.2) is 0 Å². The van der Waals surface area contributed by atoms with Crippen LogP contribution in [0.2, 0.25) is 0 Å². The van der Waals surface area contributed by atoms with Gasteiger partial charge >= 0.3 is 0 Å². The monoisotopic (exact) mass is 474 g/mol. The molecule has 0 radical (unpaired) electrons. The fraction of sp³-hybridized carbons (Fsp3) is 0.0714. The number of H-pyrrole nitrogens is 2.